The highest BCUT2D eigenvalue weighted by atomic mass is 79.9. The molecule has 1 saturated heterocycles. The first kappa shape index (κ1) is 13.3. The molecule has 20 heavy (non-hydrogen) atoms. The molecule has 2 N–H and O–H groups in total. The standard InChI is InChI=1S/C14H13BrN2O3/c15-9-4-1-3-8(7-9)11-13(18)16-12(17-14(11)19)10-5-2-6-20-10/h1,3-4,7,10H,2,5-6H2,(H2,16,17,18,19). The van der Waals surface area contributed by atoms with Crippen LogP contribution in [0.3, 0.4) is 0 Å². The smallest absolute Gasteiger partial charge is 0.262 e. The quantitative estimate of drug-likeness (QED) is 0.884. The molecule has 1 unspecified atom stereocenters. The zero-order chi connectivity index (χ0) is 14.1. The zero-order valence-electron chi connectivity index (χ0n) is 10.6. The highest BCUT2D eigenvalue weighted by molar-refractivity contribution is 9.10. The van der Waals surface area contributed by atoms with Crippen molar-refractivity contribution in [1.82, 2.24) is 9.97 Å². The summed E-state index contributed by atoms with van der Waals surface area (Å²) in [5, 5.41) is 10.1. The average Bonchev–Trinajstić information content (AvgIpc) is 2.91. The second-order valence-corrected chi connectivity index (χ2v) is 5.58. The summed E-state index contributed by atoms with van der Waals surface area (Å²) in [7, 11) is 0. The minimum Gasteiger partial charge on any atom is -0.493 e. The molecule has 0 saturated carbocycles. The number of hydrogen-bond acceptors (Lipinski definition) is 4. The SMILES string of the molecule is O=c1[nH]c(C2CCCO2)nc(O)c1-c1cccc(Br)c1. The number of aromatic nitrogens is 2. The molecule has 1 atom stereocenters. The van der Waals surface area contributed by atoms with E-state index in [-0.39, 0.29) is 23.1 Å². The number of H-pyrrole nitrogens is 1. The molecule has 2 heterocycles. The number of ether oxygens (including phenoxy) is 1. The van der Waals surface area contributed by atoms with Crippen LogP contribution < -0.4 is 5.56 Å². The molecule has 0 spiro atoms. The molecular formula is C14H13BrN2O3. The first-order valence-electron chi connectivity index (χ1n) is 6.36. The van der Waals surface area contributed by atoms with Crippen LogP contribution in [0.1, 0.15) is 24.8 Å². The number of nitrogens with zero attached hydrogens (tertiary/aromatic N) is 1. The Morgan fingerprint density at radius 3 is 2.95 bits per heavy atom. The van der Waals surface area contributed by atoms with Crippen molar-refractivity contribution >= 4 is 15.9 Å². The lowest BCUT2D eigenvalue weighted by Gasteiger charge is -2.10. The predicted octanol–water partition coefficient (Wildman–Crippen LogP) is 2.76. The molecule has 0 amide bonds. The number of rotatable bonds is 2. The minimum atomic E-state index is -0.360. The molecule has 1 fully saturated rings. The molecule has 1 aliphatic rings. The van der Waals surface area contributed by atoms with Crippen LogP contribution in [0.25, 0.3) is 11.1 Å². The summed E-state index contributed by atoms with van der Waals surface area (Å²) in [5.41, 5.74) is 0.429. The van der Waals surface area contributed by atoms with Gasteiger partial charge in [-0.15, -0.1) is 0 Å². The molecule has 2 aromatic rings. The van der Waals surface area contributed by atoms with Crippen LogP contribution in [0.4, 0.5) is 0 Å². The van der Waals surface area contributed by atoms with Crippen LogP contribution >= 0.6 is 15.9 Å². The minimum absolute atomic E-state index is 0.174. The van der Waals surface area contributed by atoms with E-state index in [0.717, 1.165) is 17.3 Å². The molecule has 1 aromatic carbocycles. The Hall–Kier alpha value is -1.66. The summed E-state index contributed by atoms with van der Waals surface area (Å²) >= 11 is 3.34. The maximum Gasteiger partial charge on any atom is 0.262 e. The summed E-state index contributed by atoms with van der Waals surface area (Å²) in [6.07, 6.45) is 1.51. The fraction of sp³-hybridized carbons (Fsp3) is 0.286. The van der Waals surface area contributed by atoms with Gasteiger partial charge < -0.3 is 14.8 Å². The van der Waals surface area contributed by atoms with E-state index in [4.69, 9.17) is 4.74 Å². The third kappa shape index (κ3) is 2.48. The van der Waals surface area contributed by atoms with Crippen LogP contribution in [-0.2, 0) is 4.74 Å². The van der Waals surface area contributed by atoms with Crippen molar-refractivity contribution in [2.45, 2.75) is 18.9 Å². The molecule has 0 radical (unpaired) electrons. The van der Waals surface area contributed by atoms with Gasteiger partial charge in [0.1, 0.15) is 17.5 Å². The molecule has 104 valence electrons. The van der Waals surface area contributed by atoms with Crippen molar-refractivity contribution in [3.8, 4) is 17.0 Å². The van der Waals surface area contributed by atoms with Gasteiger partial charge in [0.2, 0.25) is 5.88 Å². The van der Waals surface area contributed by atoms with Gasteiger partial charge in [-0.05, 0) is 30.5 Å². The van der Waals surface area contributed by atoms with E-state index in [1.807, 2.05) is 6.07 Å². The van der Waals surface area contributed by atoms with Crippen LogP contribution in [0.5, 0.6) is 5.88 Å². The van der Waals surface area contributed by atoms with E-state index in [1.165, 1.54) is 0 Å². The molecule has 6 heteroatoms. The largest absolute Gasteiger partial charge is 0.493 e. The second kappa shape index (κ2) is 5.38. The lowest BCUT2D eigenvalue weighted by Crippen LogP contribution is -2.16. The fourth-order valence-corrected chi connectivity index (χ4v) is 2.73. The van der Waals surface area contributed by atoms with E-state index >= 15 is 0 Å². The first-order valence-corrected chi connectivity index (χ1v) is 7.15. The summed E-state index contributed by atoms with van der Waals surface area (Å²) in [6.45, 7) is 0.655. The monoisotopic (exact) mass is 336 g/mol. The molecule has 0 aliphatic carbocycles. The van der Waals surface area contributed by atoms with E-state index in [9.17, 15) is 9.90 Å². The van der Waals surface area contributed by atoms with Crippen molar-refractivity contribution in [3.63, 3.8) is 0 Å². The fourth-order valence-electron chi connectivity index (χ4n) is 2.33. The third-order valence-electron chi connectivity index (χ3n) is 3.27. The molecule has 3 rings (SSSR count). The third-order valence-corrected chi connectivity index (χ3v) is 3.76. The van der Waals surface area contributed by atoms with Gasteiger partial charge in [0, 0.05) is 11.1 Å². The van der Waals surface area contributed by atoms with Gasteiger partial charge >= 0.3 is 0 Å². The van der Waals surface area contributed by atoms with Crippen molar-refractivity contribution in [2.24, 2.45) is 0 Å². The van der Waals surface area contributed by atoms with Crippen molar-refractivity contribution < 1.29 is 9.84 Å². The first-order chi connectivity index (χ1) is 9.65. The number of nitrogens with one attached hydrogen (secondary N) is 1. The summed E-state index contributed by atoms with van der Waals surface area (Å²) < 4.78 is 6.29. The topological polar surface area (TPSA) is 75.2 Å². The molecule has 0 bridgehead atoms. The molecular weight excluding hydrogens is 324 g/mol. The lowest BCUT2D eigenvalue weighted by atomic mass is 10.1. The Labute approximate surface area is 123 Å². The van der Waals surface area contributed by atoms with Crippen molar-refractivity contribution in [2.75, 3.05) is 6.61 Å². The molecule has 1 aromatic heterocycles. The van der Waals surface area contributed by atoms with Gasteiger partial charge in [-0.3, -0.25) is 4.79 Å². The number of benzene rings is 1. The van der Waals surface area contributed by atoms with Gasteiger partial charge in [-0.1, -0.05) is 28.1 Å². The van der Waals surface area contributed by atoms with Crippen LogP contribution in [0.15, 0.2) is 33.5 Å². The maximum absolute atomic E-state index is 12.2. The van der Waals surface area contributed by atoms with Gasteiger partial charge in [0.25, 0.3) is 5.56 Å². The predicted molar refractivity (Wildman–Crippen MR) is 77.6 cm³/mol. The van der Waals surface area contributed by atoms with Crippen LogP contribution in [0, 0.1) is 0 Å². The Bertz CT molecular complexity index is 693. The summed E-state index contributed by atoms with van der Waals surface area (Å²) in [5.74, 6) is 0.126. The van der Waals surface area contributed by atoms with Gasteiger partial charge in [0.15, 0.2) is 0 Å². The van der Waals surface area contributed by atoms with Crippen molar-refractivity contribution in [1.29, 1.82) is 0 Å². The highest BCUT2D eigenvalue weighted by Gasteiger charge is 2.22. The second-order valence-electron chi connectivity index (χ2n) is 4.66. The molecule has 1 aliphatic heterocycles. The van der Waals surface area contributed by atoms with Crippen LogP contribution in [0.2, 0.25) is 0 Å². The number of hydrogen-bond donors (Lipinski definition) is 2. The van der Waals surface area contributed by atoms with E-state index in [2.05, 4.69) is 25.9 Å². The normalized spacial score (nSPS) is 18.4. The number of aromatic hydroxyl groups is 1. The lowest BCUT2D eigenvalue weighted by molar-refractivity contribution is 0.104. The Morgan fingerprint density at radius 2 is 2.30 bits per heavy atom. The number of halogens is 1. The van der Waals surface area contributed by atoms with Gasteiger partial charge in [0.05, 0.1) is 0 Å². The average molecular weight is 337 g/mol. The van der Waals surface area contributed by atoms with E-state index in [1.54, 1.807) is 18.2 Å². The van der Waals surface area contributed by atoms with Gasteiger partial charge in [-0.2, -0.15) is 4.98 Å². The van der Waals surface area contributed by atoms with Crippen molar-refractivity contribution in [3.05, 3.63) is 44.9 Å². The van der Waals surface area contributed by atoms with Gasteiger partial charge in [-0.25, -0.2) is 0 Å². The van der Waals surface area contributed by atoms with E-state index in [0.29, 0.717) is 18.0 Å². The Kier molecular flexibility index (Phi) is 3.58. The van der Waals surface area contributed by atoms with Crippen LogP contribution in [-0.4, -0.2) is 21.7 Å². The number of aromatic amines is 1. The zero-order valence-corrected chi connectivity index (χ0v) is 12.2. The maximum atomic E-state index is 12.2. The Morgan fingerprint density at radius 1 is 1.45 bits per heavy atom. The van der Waals surface area contributed by atoms with E-state index < -0.39 is 0 Å². The highest BCUT2D eigenvalue weighted by Crippen LogP contribution is 2.30. The summed E-state index contributed by atoms with van der Waals surface area (Å²) in [4.78, 5) is 19.0. The molecule has 5 nitrogen and oxygen atoms in total. The summed E-state index contributed by atoms with van der Waals surface area (Å²) in [6, 6.07) is 7.16. The Balaban J connectivity index is 2.07.